The van der Waals surface area contributed by atoms with Gasteiger partial charge in [0.25, 0.3) is 5.91 Å². The number of nitrogens with zero attached hydrogens (tertiary/aromatic N) is 3. The Morgan fingerprint density at radius 1 is 1.32 bits per heavy atom. The number of hydrazone groups is 1. The normalized spacial score (nSPS) is 27.5. The van der Waals surface area contributed by atoms with Crippen molar-refractivity contribution < 1.29 is 19.5 Å². The standard InChI is InChI=1S/C12H17N3O4/c1-7-5-15(6-8(7)12(18)19)11(17)9-3-4-10(16)14(2)13-9/h7-8H,3-6H2,1-2H3,(H,18,19). The van der Waals surface area contributed by atoms with Crippen LogP contribution in [0.15, 0.2) is 5.10 Å². The van der Waals surface area contributed by atoms with Crippen LogP contribution >= 0.6 is 0 Å². The van der Waals surface area contributed by atoms with Crippen LogP contribution in [0.3, 0.4) is 0 Å². The maximum atomic E-state index is 12.2. The quantitative estimate of drug-likeness (QED) is 0.748. The number of hydrogen-bond donors (Lipinski definition) is 1. The molecule has 104 valence electrons. The number of rotatable bonds is 2. The Balaban J connectivity index is 2.08. The second-order valence-corrected chi connectivity index (χ2v) is 5.10. The average Bonchev–Trinajstić information content (AvgIpc) is 2.74. The number of carboxylic acid groups (broad SMARTS) is 1. The number of likely N-dealkylation sites (tertiary alicyclic amines) is 1. The fraction of sp³-hybridized carbons (Fsp3) is 0.667. The average molecular weight is 267 g/mol. The predicted octanol–water partition coefficient (Wildman–Crippen LogP) is -0.226. The largest absolute Gasteiger partial charge is 0.481 e. The number of carbonyl (C=O) groups is 3. The molecule has 0 aromatic carbocycles. The summed E-state index contributed by atoms with van der Waals surface area (Å²) in [5.74, 6) is -1.83. The zero-order valence-electron chi connectivity index (χ0n) is 11.0. The van der Waals surface area contributed by atoms with Crippen LogP contribution in [-0.2, 0) is 14.4 Å². The van der Waals surface area contributed by atoms with Crippen LogP contribution in [0.4, 0.5) is 0 Å². The van der Waals surface area contributed by atoms with E-state index in [1.807, 2.05) is 6.92 Å². The van der Waals surface area contributed by atoms with Gasteiger partial charge in [0.15, 0.2) is 0 Å². The summed E-state index contributed by atoms with van der Waals surface area (Å²) in [6.45, 7) is 2.46. The molecule has 1 saturated heterocycles. The van der Waals surface area contributed by atoms with Gasteiger partial charge in [0.05, 0.1) is 5.92 Å². The molecule has 7 nitrogen and oxygen atoms in total. The van der Waals surface area contributed by atoms with Gasteiger partial charge in [0, 0.05) is 33.0 Å². The predicted molar refractivity (Wildman–Crippen MR) is 66.3 cm³/mol. The molecule has 0 aliphatic carbocycles. The highest BCUT2D eigenvalue weighted by atomic mass is 16.4. The molecule has 2 unspecified atom stereocenters. The van der Waals surface area contributed by atoms with Gasteiger partial charge in [-0.15, -0.1) is 0 Å². The molecular weight excluding hydrogens is 250 g/mol. The van der Waals surface area contributed by atoms with Crippen LogP contribution in [0.5, 0.6) is 0 Å². The molecule has 1 fully saturated rings. The van der Waals surface area contributed by atoms with Crippen LogP contribution < -0.4 is 0 Å². The molecule has 0 bridgehead atoms. The second-order valence-electron chi connectivity index (χ2n) is 5.10. The lowest BCUT2D eigenvalue weighted by Gasteiger charge is -2.22. The Labute approximate surface area is 110 Å². The Morgan fingerprint density at radius 3 is 2.53 bits per heavy atom. The first-order chi connectivity index (χ1) is 8.90. The minimum atomic E-state index is -0.874. The van der Waals surface area contributed by atoms with Crippen molar-refractivity contribution in [3.05, 3.63) is 0 Å². The highest BCUT2D eigenvalue weighted by molar-refractivity contribution is 6.39. The highest BCUT2D eigenvalue weighted by Gasteiger charge is 2.38. The van der Waals surface area contributed by atoms with E-state index in [-0.39, 0.29) is 30.7 Å². The van der Waals surface area contributed by atoms with Gasteiger partial charge < -0.3 is 10.0 Å². The van der Waals surface area contributed by atoms with Crippen molar-refractivity contribution in [2.24, 2.45) is 16.9 Å². The van der Waals surface area contributed by atoms with Crippen LogP contribution in [0.2, 0.25) is 0 Å². The van der Waals surface area contributed by atoms with E-state index in [1.54, 1.807) is 0 Å². The van der Waals surface area contributed by atoms with Crippen molar-refractivity contribution in [3.8, 4) is 0 Å². The fourth-order valence-corrected chi connectivity index (χ4v) is 2.46. The summed E-state index contributed by atoms with van der Waals surface area (Å²) < 4.78 is 0. The van der Waals surface area contributed by atoms with Crippen molar-refractivity contribution in [1.29, 1.82) is 0 Å². The number of aliphatic carboxylic acids is 1. The lowest BCUT2D eigenvalue weighted by atomic mass is 9.99. The molecule has 1 N–H and O–H groups in total. The van der Waals surface area contributed by atoms with Gasteiger partial charge in [-0.25, -0.2) is 5.01 Å². The minimum absolute atomic E-state index is 0.0648. The Morgan fingerprint density at radius 2 is 2.00 bits per heavy atom. The third kappa shape index (κ3) is 2.59. The SMILES string of the molecule is CC1CN(C(=O)C2=NN(C)C(=O)CC2)CC1C(=O)O. The number of carboxylic acids is 1. The zero-order chi connectivity index (χ0) is 14.2. The smallest absolute Gasteiger partial charge is 0.308 e. The molecule has 0 aromatic rings. The molecule has 0 aromatic heterocycles. The van der Waals surface area contributed by atoms with Crippen LogP contribution in [0, 0.1) is 11.8 Å². The van der Waals surface area contributed by atoms with Crippen LogP contribution in [-0.4, -0.2) is 58.6 Å². The summed E-state index contributed by atoms with van der Waals surface area (Å²) in [6.07, 6.45) is 0.595. The molecule has 2 aliphatic heterocycles. The molecule has 19 heavy (non-hydrogen) atoms. The molecule has 2 heterocycles. The molecule has 7 heteroatoms. The van der Waals surface area contributed by atoms with E-state index in [9.17, 15) is 14.4 Å². The first-order valence-corrected chi connectivity index (χ1v) is 6.26. The maximum absolute atomic E-state index is 12.2. The Hall–Kier alpha value is -1.92. The van der Waals surface area contributed by atoms with Crippen molar-refractivity contribution in [2.45, 2.75) is 19.8 Å². The third-order valence-electron chi connectivity index (χ3n) is 3.67. The molecule has 0 spiro atoms. The minimum Gasteiger partial charge on any atom is -0.481 e. The van der Waals surface area contributed by atoms with Gasteiger partial charge >= 0.3 is 5.97 Å². The molecule has 2 atom stereocenters. The summed E-state index contributed by atoms with van der Waals surface area (Å²) >= 11 is 0. The maximum Gasteiger partial charge on any atom is 0.308 e. The van der Waals surface area contributed by atoms with Gasteiger partial charge in [-0.05, 0) is 5.92 Å². The number of carbonyl (C=O) groups excluding carboxylic acids is 2. The third-order valence-corrected chi connectivity index (χ3v) is 3.67. The Bertz CT molecular complexity index is 460. The van der Waals surface area contributed by atoms with E-state index < -0.39 is 11.9 Å². The van der Waals surface area contributed by atoms with Gasteiger partial charge in [-0.3, -0.25) is 14.4 Å². The Kier molecular flexibility index (Phi) is 3.55. The second kappa shape index (κ2) is 4.99. The molecule has 2 rings (SSSR count). The van der Waals surface area contributed by atoms with E-state index >= 15 is 0 Å². The summed E-state index contributed by atoms with van der Waals surface area (Å²) in [4.78, 5) is 36.1. The van der Waals surface area contributed by atoms with Crippen molar-refractivity contribution >= 4 is 23.5 Å². The van der Waals surface area contributed by atoms with Gasteiger partial charge in [-0.1, -0.05) is 6.92 Å². The number of hydrogen-bond acceptors (Lipinski definition) is 4. The molecule has 2 aliphatic rings. The topological polar surface area (TPSA) is 90.3 Å². The summed E-state index contributed by atoms with van der Waals surface area (Å²) in [5.41, 5.74) is 0.334. The first kappa shape index (κ1) is 13.5. The molecular formula is C12H17N3O4. The molecule has 0 radical (unpaired) electrons. The molecule has 0 saturated carbocycles. The van der Waals surface area contributed by atoms with E-state index in [2.05, 4.69) is 5.10 Å². The van der Waals surface area contributed by atoms with E-state index in [1.165, 1.54) is 17.0 Å². The van der Waals surface area contributed by atoms with E-state index in [4.69, 9.17) is 5.11 Å². The fourth-order valence-electron chi connectivity index (χ4n) is 2.46. The first-order valence-electron chi connectivity index (χ1n) is 6.26. The molecule has 2 amide bonds. The van der Waals surface area contributed by atoms with Gasteiger partial charge in [-0.2, -0.15) is 5.10 Å². The van der Waals surface area contributed by atoms with Crippen LogP contribution in [0.25, 0.3) is 0 Å². The van der Waals surface area contributed by atoms with Crippen LogP contribution in [0.1, 0.15) is 19.8 Å². The van der Waals surface area contributed by atoms with E-state index in [0.717, 1.165) is 0 Å². The van der Waals surface area contributed by atoms with Crippen molar-refractivity contribution in [1.82, 2.24) is 9.91 Å². The lowest BCUT2D eigenvalue weighted by Crippen LogP contribution is -2.40. The monoisotopic (exact) mass is 267 g/mol. The lowest BCUT2D eigenvalue weighted by molar-refractivity contribution is -0.142. The zero-order valence-corrected chi connectivity index (χ0v) is 11.0. The summed E-state index contributed by atoms with van der Waals surface area (Å²) in [7, 11) is 1.52. The van der Waals surface area contributed by atoms with Crippen molar-refractivity contribution in [3.63, 3.8) is 0 Å². The van der Waals surface area contributed by atoms with Gasteiger partial charge in [0.1, 0.15) is 5.71 Å². The van der Waals surface area contributed by atoms with Gasteiger partial charge in [0.2, 0.25) is 5.91 Å². The van der Waals surface area contributed by atoms with E-state index in [0.29, 0.717) is 18.7 Å². The van der Waals surface area contributed by atoms with Crippen molar-refractivity contribution in [2.75, 3.05) is 20.1 Å². The number of amides is 2. The summed E-state index contributed by atoms with van der Waals surface area (Å²) in [5, 5.41) is 14.2. The summed E-state index contributed by atoms with van der Waals surface area (Å²) in [6, 6.07) is 0. The highest BCUT2D eigenvalue weighted by Crippen LogP contribution is 2.24.